The number of hydrogen-bond acceptors (Lipinski definition) is 5. The van der Waals surface area contributed by atoms with E-state index in [4.69, 9.17) is 9.47 Å². The van der Waals surface area contributed by atoms with E-state index in [9.17, 15) is 14.4 Å². The van der Waals surface area contributed by atoms with Crippen LogP contribution in [0.15, 0.2) is 53.3 Å². The van der Waals surface area contributed by atoms with Gasteiger partial charge in [0.05, 0.1) is 10.9 Å². The van der Waals surface area contributed by atoms with E-state index in [0.29, 0.717) is 27.2 Å². The van der Waals surface area contributed by atoms with Crippen molar-refractivity contribution in [1.29, 1.82) is 0 Å². The van der Waals surface area contributed by atoms with Crippen LogP contribution in [-0.2, 0) is 16.6 Å². The highest BCUT2D eigenvalue weighted by Crippen LogP contribution is 2.42. The lowest BCUT2D eigenvalue weighted by Crippen LogP contribution is -2.15. The van der Waals surface area contributed by atoms with Gasteiger partial charge in [0.1, 0.15) is 5.52 Å². The molecular formula is C22H17NO5. The molecule has 0 atom stereocenters. The number of pyridine rings is 1. The molecule has 6 nitrogen and oxygen atoms in total. The molecule has 0 aliphatic heterocycles. The van der Waals surface area contributed by atoms with E-state index in [1.165, 1.54) is 13.8 Å². The molecule has 0 fully saturated rings. The first-order valence-electron chi connectivity index (χ1n) is 8.73. The second-order valence-electron chi connectivity index (χ2n) is 6.52. The maximum Gasteiger partial charge on any atom is 0.308 e. The Morgan fingerprint density at radius 1 is 0.786 bits per heavy atom. The Kier molecular flexibility index (Phi) is 4.11. The summed E-state index contributed by atoms with van der Waals surface area (Å²) in [7, 11) is 1.78. The maximum atomic E-state index is 13.4. The zero-order chi connectivity index (χ0) is 20.0. The van der Waals surface area contributed by atoms with Crippen molar-refractivity contribution in [2.45, 2.75) is 13.8 Å². The zero-order valence-electron chi connectivity index (χ0n) is 15.6. The fourth-order valence-corrected chi connectivity index (χ4v) is 3.60. The van der Waals surface area contributed by atoms with E-state index >= 15 is 0 Å². The molecule has 4 aromatic rings. The minimum Gasteiger partial charge on any atom is -0.425 e. The highest BCUT2D eigenvalue weighted by atomic mass is 16.5. The van der Waals surface area contributed by atoms with Gasteiger partial charge in [-0.15, -0.1) is 0 Å². The first kappa shape index (κ1) is 17.7. The minimum absolute atomic E-state index is 0.167. The van der Waals surface area contributed by atoms with Gasteiger partial charge >= 0.3 is 11.9 Å². The average molecular weight is 375 g/mol. The molecule has 1 heterocycles. The topological polar surface area (TPSA) is 74.6 Å². The fraction of sp³-hybridized carbons (Fsp3) is 0.136. The molecular weight excluding hydrogens is 358 g/mol. The van der Waals surface area contributed by atoms with E-state index in [1.807, 2.05) is 12.1 Å². The number of aromatic nitrogens is 1. The number of rotatable bonds is 2. The molecule has 0 N–H and O–H groups in total. The first-order chi connectivity index (χ1) is 13.4. The Bertz CT molecular complexity index is 1350. The molecule has 4 rings (SSSR count). The lowest BCUT2D eigenvalue weighted by atomic mass is 10.0. The van der Waals surface area contributed by atoms with Crippen LogP contribution < -0.4 is 14.9 Å². The Morgan fingerprint density at radius 2 is 1.29 bits per heavy atom. The molecule has 0 saturated carbocycles. The Balaban J connectivity index is 2.37. The summed E-state index contributed by atoms with van der Waals surface area (Å²) in [5.74, 6) is -0.617. The van der Waals surface area contributed by atoms with Gasteiger partial charge in [0.15, 0.2) is 11.5 Å². The number of ether oxygens (including phenoxy) is 2. The summed E-state index contributed by atoms with van der Waals surface area (Å²) >= 11 is 0. The van der Waals surface area contributed by atoms with Crippen molar-refractivity contribution in [2.75, 3.05) is 0 Å². The van der Waals surface area contributed by atoms with Crippen LogP contribution in [0.4, 0.5) is 0 Å². The van der Waals surface area contributed by atoms with Crippen molar-refractivity contribution >= 4 is 44.5 Å². The number of benzene rings is 3. The molecule has 28 heavy (non-hydrogen) atoms. The van der Waals surface area contributed by atoms with E-state index in [-0.39, 0.29) is 22.3 Å². The first-order valence-corrected chi connectivity index (χ1v) is 8.73. The molecule has 0 aliphatic carbocycles. The number of fused-ring (bicyclic) bond motifs is 3. The largest absolute Gasteiger partial charge is 0.425 e. The van der Waals surface area contributed by atoms with Crippen LogP contribution in [0.25, 0.3) is 32.6 Å². The van der Waals surface area contributed by atoms with Gasteiger partial charge in [-0.25, -0.2) is 0 Å². The number of hydrogen-bond donors (Lipinski definition) is 0. The third-order valence-corrected chi connectivity index (χ3v) is 4.66. The second kappa shape index (κ2) is 6.49. The van der Waals surface area contributed by atoms with Crippen LogP contribution in [0.5, 0.6) is 11.5 Å². The van der Waals surface area contributed by atoms with E-state index < -0.39 is 11.9 Å². The highest BCUT2D eigenvalue weighted by molar-refractivity contribution is 6.13. The highest BCUT2D eigenvalue weighted by Gasteiger charge is 2.23. The predicted molar refractivity (Wildman–Crippen MR) is 107 cm³/mol. The molecule has 1 aromatic heterocycles. The summed E-state index contributed by atoms with van der Waals surface area (Å²) in [6.07, 6.45) is 0. The zero-order valence-corrected chi connectivity index (χ0v) is 15.6. The van der Waals surface area contributed by atoms with Gasteiger partial charge in [0.2, 0.25) is 5.43 Å². The van der Waals surface area contributed by atoms with Crippen LogP contribution in [-0.4, -0.2) is 16.5 Å². The third-order valence-electron chi connectivity index (χ3n) is 4.66. The monoisotopic (exact) mass is 375 g/mol. The molecule has 3 aromatic carbocycles. The van der Waals surface area contributed by atoms with E-state index in [0.717, 1.165) is 0 Å². The van der Waals surface area contributed by atoms with Gasteiger partial charge in [-0.2, -0.15) is 0 Å². The summed E-state index contributed by atoms with van der Waals surface area (Å²) in [6, 6.07) is 14.2. The quantitative estimate of drug-likeness (QED) is 0.303. The average Bonchev–Trinajstić information content (AvgIpc) is 2.67. The number of carbonyl (C=O) groups excluding carboxylic acids is 2. The third kappa shape index (κ3) is 2.62. The van der Waals surface area contributed by atoms with Crippen molar-refractivity contribution in [2.24, 2.45) is 7.05 Å². The smallest absolute Gasteiger partial charge is 0.308 e. The molecule has 0 spiro atoms. The van der Waals surface area contributed by atoms with Crippen LogP contribution in [0.2, 0.25) is 0 Å². The van der Waals surface area contributed by atoms with Crippen molar-refractivity contribution in [3.63, 3.8) is 0 Å². The van der Waals surface area contributed by atoms with Crippen molar-refractivity contribution in [3.05, 3.63) is 58.8 Å². The Hall–Kier alpha value is -3.67. The molecule has 0 bridgehead atoms. The lowest BCUT2D eigenvalue weighted by molar-refractivity contribution is -0.132. The molecule has 6 heteroatoms. The van der Waals surface area contributed by atoms with Crippen LogP contribution in [0.1, 0.15) is 13.8 Å². The maximum absolute atomic E-state index is 13.4. The van der Waals surface area contributed by atoms with Gasteiger partial charge in [0, 0.05) is 37.1 Å². The van der Waals surface area contributed by atoms with Gasteiger partial charge in [-0.3, -0.25) is 14.4 Å². The SMILES string of the molecule is CC(=O)Oc1c2ccccc2c(OC(C)=O)c2c1c(=O)c1ccccc1n2C. The normalized spacial score (nSPS) is 11.1. The minimum atomic E-state index is -0.540. The van der Waals surface area contributed by atoms with Gasteiger partial charge in [0.25, 0.3) is 0 Å². The number of nitrogens with zero attached hydrogens (tertiary/aromatic N) is 1. The molecule has 0 radical (unpaired) electrons. The predicted octanol–water partition coefficient (Wildman–Crippen LogP) is 3.70. The van der Waals surface area contributed by atoms with E-state index in [2.05, 4.69) is 0 Å². The molecule has 0 aliphatic rings. The Morgan fingerprint density at radius 3 is 1.89 bits per heavy atom. The summed E-state index contributed by atoms with van der Waals surface area (Å²) in [4.78, 5) is 37.0. The van der Waals surface area contributed by atoms with Crippen LogP contribution in [0, 0.1) is 0 Å². The van der Waals surface area contributed by atoms with Gasteiger partial charge < -0.3 is 14.0 Å². The van der Waals surface area contributed by atoms with Crippen molar-refractivity contribution < 1.29 is 19.1 Å². The lowest BCUT2D eigenvalue weighted by Gasteiger charge is -2.18. The van der Waals surface area contributed by atoms with Crippen molar-refractivity contribution in [1.82, 2.24) is 4.57 Å². The summed E-state index contributed by atoms with van der Waals surface area (Å²) in [5.41, 5.74) is 0.783. The van der Waals surface area contributed by atoms with Crippen LogP contribution >= 0.6 is 0 Å². The molecule has 0 unspecified atom stereocenters. The number of aryl methyl sites for hydroxylation is 1. The standard InChI is InChI=1S/C22H17NO5/c1-12(24)27-21-14-8-4-5-9-15(14)22(28-13(2)25)19-18(21)20(26)16-10-6-7-11-17(16)23(19)3/h4-11H,1-3H3. The summed E-state index contributed by atoms with van der Waals surface area (Å²) in [5, 5.41) is 1.78. The molecule has 0 saturated heterocycles. The number of carbonyl (C=O) groups is 2. The Labute approximate surface area is 159 Å². The number of para-hydroxylation sites is 1. The van der Waals surface area contributed by atoms with E-state index in [1.54, 1.807) is 48.0 Å². The summed E-state index contributed by atoms with van der Waals surface area (Å²) in [6.45, 7) is 2.59. The van der Waals surface area contributed by atoms with Crippen LogP contribution in [0.3, 0.4) is 0 Å². The van der Waals surface area contributed by atoms with Crippen molar-refractivity contribution in [3.8, 4) is 11.5 Å². The second-order valence-corrected chi connectivity index (χ2v) is 6.52. The van der Waals surface area contributed by atoms with Gasteiger partial charge in [-0.05, 0) is 12.1 Å². The summed E-state index contributed by atoms with van der Waals surface area (Å²) < 4.78 is 12.8. The number of esters is 2. The van der Waals surface area contributed by atoms with Gasteiger partial charge in [-0.1, -0.05) is 36.4 Å². The fourth-order valence-electron chi connectivity index (χ4n) is 3.60. The molecule has 140 valence electrons. The molecule has 0 amide bonds.